The number of hydrogen-bond donors (Lipinski definition) is 3. The van der Waals surface area contributed by atoms with E-state index in [4.69, 9.17) is 15.2 Å². The molecule has 0 aliphatic heterocycles. The van der Waals surface area contributed by atoms with Gasteiger partial charge in [0, 0.05) is 19.9 Å². The first-order chi connectivity index (χ1) is 14.0. The highest BCUT2D eigenvalue weighted by molar-refractivity contribution is 5.75. The van der Waals surface area contributed by atoms with Gasteiger partial charge in [-0.25, -0.2) is 4.79 Å². The van der Waals surface area contributed by atoms with Crippen LogP contribution >= 0.6 is 0 Å². The zero-order valence-electron chi connectivity index (χ0n) is 18.6. The van der Waals surface area contributed by atoms with Gasteiger partial charge in [-0.2, -0.15) is 0 Å². The Morgan fingerprint density at radius 3 is 2.20 bits per heavy atom. The maximum absolute atomic E-state index is 12.1. The Labute approximate surface area is 178 Å². The number of ether oxygens (including phenoxy) is 2. The number of alkyl carbamates (subject to hydrolysis) is 1. The average molecular weight is 422 g/mol. The van der Waals surface area contributed by atoms with Gasteiger partial charge in [0.1, 0.15) is 5.60 Å². The van der Waals surface area contributed by atoms with Crippen molar-refractivity contribution < 1.29 is 23.9 Å². The van der Waals surface area contributed by atoms with Crippen LogP contribution in [0.3, 0.4) is 0 Å². The van der Waals surface area contributed by atoms with E-state index in [2.05, 4.69) is 10.6 Å². The van der Waals surface area contributed by atoms with Gasteiger partial charge < -0.3 is 25.8 Å². The lowest BCUT2D eigenvalue weighted by atomic mass is 10.1. The van der Waals surface area contributed by atoms with E-state index in [1.165, 1.54) is 0 Å². The van der Waals surface area contributed by atoms with Crippen LogP contribution in [0.25, 0.3) is 0 Å². The number of benzene rings is 1. The lowest BCUT2D eigenvalue weighted by Gasteiger charge is -2.27. The molecule has 4 N–H and O–H groups in total. The quantitative estimate of drug-likeness (QED) is 0.507. The molecule has 2 atom stereocenters. The van der Waals surface area contributed by atoms with Gasteiger partial charge in [-0.05, 0) is 51.7 Å². The van der Waals surface area contributed by atoms with Gasteiger partial charge in [0.05, 0.1) is 18.8 Å². The molecule has 0 aliphatic rings. The molecule has 1 rings (SSSR count). The number of primary amides is 1. The largest absolute Gasteiger partial charge is 0.444 e. The van der Waals surface area contributed by atoms with E-state index in [1.54, 1.807) is 27.8 Å². The van der Waals surface area contributed by atoms with Crippen molar-refractivity contribution in [2.24, 2.45) is 5.73 Å². The van der Waals surface area contributed by atoms with Crippen molar-refractivity contribution in [3.8, 4) is 0 Å². The van der Waals surface area contributed by atoms with E-state index < -0.39 is 23.6 Å². The van der Waals surface area contributed by atoms with E-state index in [9.17, 15) is 14.4 Å². The maximum Gasteiger partial charge on any atom is 0.407 e. The van der Waals surface area contributed by atoms with Crippen molar-refractivity contribution in [1.82, 2.24) is 10.6 Å². The zero-order valence-corrected chi connectivity index (χ0v) is 18.6. The van der Waals surface area contributed by atoms with Gasteiger partial charge in [0.15, 0.2) is 0 Å². The fourth-order valence-corrected chi connectivity index (χ4v) is 2.71. The van der Waals surface area contributed by atoms with E-state index >= 15 is 0 Å². The molecule has 0 heterocycles. The molecule has 0 saturated carbocycles. The van der Waals surface area contributed by atoms with Crippen LogP contribution < -0.4 is 16.4 Å². The smallest absolute Gasteiger partial charge is 0.407 e. The molecule has 0 bridgehead atoms. The SMILES string of the molecule is CNC(=O)CCc1ccc(CO[C@H](C)C(CCC(N)=O)NC(=O)OC(C)(C)C)cc1. The number of amides is 3. The third-order valence-electron chi connectivity index (χ3n) is 4.43. The van der Waals surface area contributed by atoms with Gasteiger partial charge in [-0.1, -0.05) is 24.3 Å². The molecule has 8 heteroatoms. The summed E-state index contributed by atoms with van der Waals surface area (Å²) < 4.78 is 11.2. The summed E-state index contributed by atoms with van der Waals surface area (Å²) in [4.78, 5) is 34.6. The minimum atomic E-state index is -0.623. The maximum atomic E-state index is 12.1. The summed E-state index contributed by atoms with van der Waals surface area (Å²) in [6, 6.07) is 7.42. The summed E-state index contributed by atoms with van der Waals surface area (Å²) in [7, 11) is 1.62. The summed E-state index contributed by atoms with van der Waals surface area (Å²) in [5, 5.41) is 5.38. The van der Waals surface area contributed by atoms with Crippen LogP contribution in [0.5, 0.6) is 0 Å². The fraction of sp³-hybridized carbons (Fsp3) is 0.591. The number of hydrogen-bond acceptors (Lipinski definition) is 5. The van der Waals surface area contributed by atoms with Crippen LogP contribution in [-0.4, -0.2) is 42.7 Å². The predicted molar refractivity (Wildman–Crippen MR) is 115 cm³/mol. The molecular formula is C22H35N3O5. The van der Waals surface area contributed by atoms with Crippen molar-refractivity contribution in [3.63, 3.8) is 0 Å². The number of carbonyl (C=O) groups excluding carboxylic acids is 3. The van der Waals surface area contributed by atoms with Crippen LogP contribution in [-0.2, 0) is 32.1 Å². The molecule has 1 aromatic rings. The van der Waals surface area contributed by atoms with Crippen LogP contribution in [0, 0.1) is 0 Å². The van der Waals surface area contributed by atoms with E-state index in [0.29, 0.717) is 25.9 Å². The van der Waals surface area contributed by atoms with Gasteiger partial charge in [0.2, 0.25) is 11.8 Å². The second kappa shape index (κ2) is 12.2. The van der Waals surface area contributed by atoms with Crippen LogP contribution in [0.15, 0.2) is 24.3 Å². The lowest BCUT2D eigenvalue weighted by Crippen LogP contribution is -2.45. The molecule has 168 valence electrons. The number of nitrogens with one attached hydrogen (secondary N) is 2. The van der Waals surface area contributed by atoms with Crippen molar-refractivity contribution >= 4 is 17.9 Å². The highest BCUT2D eigenvalue weighted by Gasteiger charge is 2.24. The first kappa shape index (κ1) is 25.4. The first-order valence-corrected chi connectivity index (χ1v) is 10.2. The minimum absolute atomic E-state index is 0.00993. The summed E-state index contributed by atoms with van der Waals surface area (Å²) >= 11 is 0. The highest BCUT2D eigenvalue weighted by Crippen LogP contribution is 2.14. The minimum Gasteiger partial charge on any atom is -0.444 e. The Morgan fingerprint density at radius 1 is 1.07 bits per heavy atom. The fourth-order valence-electron chi connectivity index (χ4n) is 2.71. The van der Waals surface area contributed by atoms with E-state index in [1.807, 2.05) is 31.2 Å². The lowest BCUT2D eigenvalue weighted by molar-refractivity contribution is -0.120. The van der Waals surface area contributed by atoms with Crippen molar-refractivity contribution in [3.05, 3.63) is 35.4 Å². The number of aryl methyl sites for hydroxylation is 1. The molecule has 0 aromatic heterocycles. The molecule has 1 aromatic carbocycles. The Morgan fingerprint density at radius 2 is 1.67 bits per heavy atom. The van der Waals surface area contributed by atoms with E-state index in [0.717, 1.165) is 11.1 Å². The normalized spacial score (nSPS) is 13.2. The first-order valence-electron chi connectivity index (χ1n) is 10.2. The summed E-state index contributed by atoms with van der Waals surface area (Å²) in [5.41, 5.74) is 6.67. The van der Waals surface area contributed by atoms with Gasteiger partial charge in [-0.3, -0.25) is 9.59 Å². The van der Waals surface area contributed by atoms with Crippen molar-refractivity contribution in [2.75, 3.05) is 7.05 Å². The van der Waals surface area contributed by atoms with Crippen LogP contribution in [0.4, 0.5) is 4.79 Å². The summed E-state index contributed by atoms with van der Waals surface area (Å²) in [6.07, 6.45) is 0.688. The summed E-state index contributed by atoms with van der Waals surface area (Å²) in [6.45, 7) is 7.52. The number of carbonyl (C=O) groups is 3. The van der Waals surface area contributed by atoms with Gasteiger partial charge in [0.25, 0.3) is 0 Å². The van der Waals surface area contributed by atoms with Crippen LogP contribution in [0.2, 0.25) is 0 Å². The number of rotatable bonds is 11. The molecular weight excluding hydrogens is 386 g/mol. The molecule has 0 radical (unpaired) electrons. The zero-order chi connectivity index (χ0) is 22.7. The molecule has 8 nitrogen and oxygen atoms in total. The van der Waals surface area contributed by atoms with Gasteiger partial charge >= 0.3 is 6.09 Å². The number of nitrogens with two attached hydrogens (primary N) is 1. The Balaban J connectivity index is 2.62. The standard InChI is InChI=1S/C22H35N3O5/c1-15(18(11-12-19(23)26)25-21(28)30-22(2,3)4)29-14-17-8-6-16(7-9-17)10-13-20(27)24-5/h6-9,15,18H,10-14H2,1-5H3,(H2,23,26)(H,24,27)(H,25,28)/t15-,18?/m1/s1. The van der Waals surface area contributed by atoms with Crippen LogP contribution in [0.1, 0.15) is 58.1 Å². The molecule has 0 aliphatic carbocycles. The van der Waals surface area contributed by atoms with Gasteiger partial charge in [-0.15, -0.1) is 0 Å². The second-order valence-corrected chi connectivity index (χ2v) is 8.26. The molecule has 0 fully saturated rings. The van der Waals surface area contributed by atoms with E-state index in [-0.39, 0.29) is 18.4 Å². The average Bonchev–Trinajstić information content (AvgIpc) is 2.66. The third kappa shape index (κ3) is 10.8. The Kier molecular flexibility index (Phi) is 10.3. The summed E-state index contributed by atoms with van der Waals surface area (Å²) in [5.74, 6) is -0.429. The molecule has 0 saturated heterocycles. The molecule has 1 unspecified atom stereocenters. The Bertz CT molecular complexity index is 698. The predicted octanol–water partition coefficient (Wildman–Crippen LogP) is 2.43. The molecule has 30 heavy (non-hydrogen) atoms. The molecule has 3 amide bonds. The van der Waals surface area contributed by atoms with Crippen molar-refractivity contribution in [1.29, 1.82) is 0 Å². The van der Waals surface area contributed by atoms with Crippen molar-refractivity contribution in [2.45, 2.75) is 77.7 Å². The Hall–Kier alpha value is -2.61. The monoisotopic (exact) mass is 421 g/mol. The topological polar surface area (TPSA) is 120 Å². The highest BCUT2D eigenvalue weighted by atomic mass is 16.6. The molecule has 0 spiro atoms. The third-order valence-corrected chi connectivity index (χ3v) is 4.43. The second-order valence-electron chi connectivity index (χ2n) is 8.26.